The molecule has 1 amide bonds. The van der Waals surface area contributed by atoms with Crippen molar-refractivity contribution in [2.24, 2.45) is 17.1 Å². The van der Waals surface area contributed by atoms with Crippen molar-refractivity contribution in [3.63, 3.8) is 0 Å². The molecule has 3 aliphatic rings. The second-order valence-corrected chi connectivity index (χ2v) is 7.33. The van der Waals surface area contributed by atoms with E-state index in [0.717, 1.165) is 19.3 Å². The van der Waals surface area contributed by atoms with Crippen LogP contribution in [0.4, 0.5) is 0 Å². The van der Waals surface area contributed by atoms with E-state index in [2.05, 4.69) is 5.32 Å². The number of nitrogens with two attached hydrogens (primary N) is 1. The molecule has 0 spiro atoms. The zero-order chi connectivity index (χ0) is 15.5. The summed E-state index contributed by atoms with van der Waals surface area (Å²) in [5.41, 5.74) is 3.81. The molecule has 2 aliphatic carbocycles. The number of aliphatic carboxylic acids is 1. The first-order chi connectivity index (χ1) is 9.76. The van der Waals surface area contributed by atoms with Crippen LogP contribution in [0.1, 0.15) is 46.0 Å². The Morgan fingerprint density at radius 2 is 1.90 bits per heavy atom. The van der Waals surface area contributed by atoms with Gasteiger partial charge >= 0.3 is 5.97 Å². The fourth-order valence-electron chi connectivity index (χ4n) is 4.54. The Balaban J connectivity index is 1.83. The van der Waals surface area contributed by atoms with E-state index in [4.69, 9.17) is 10.5 Å². The highest BCUT2D eigenvalue weighted by Crippen LogP contribution is 2.58. The minimum Gasteiger partial charge on any atom is -0.480 e. The van der Waals surface area contributed by atoms with Gasteiger partial charge in [0.1, 0.15) is 11.1 Å². The van der Waals surface area contributed by atoms with Gasteiger partial charge in [-0.2, -0.15) is 0 Å². The summed E-state index contributed by atoms with van der Waals surface area (Å²) < 4.78 is 5.68. The molecule has 6 nitrogen and oxygen atoms in total. The van der Waals surface area contributed by atoms with Gasteiger partial charge in [-0.05, 0) is 19.3 Å². The summed E-state index contributed by atoms with van der Waals surface area (Å²) in [7, 11) is 0. The first kappa shape index (κ1) is 14.8. The molecule has 2 saturated carbocycles. The minimum atomic E-state index is -1.13. The van der Waals surface area contributed by atoms with E-state index in [1.165, 1.54) is 0 Å². The Kier molecular flexibility index (Phi) is 3.12. The van der Waals surface area contributed by atoms with Crippen LogP contribution in [0.2, 0.25) is 0 Å². The summed E-state index contributed by atoms with van der Waals surface area (Å²) in [6.45, 7) is 4.48. The summed E-state index contributed by atoms with van der Waals surface area (Å²) in [5.74, 6) is -1.29. The number of hydrogen-bond acceptors (Lipinski definition) is 4. The van der Waals surface area contributed by atoms with Crippen LogP contribution in [-0.4, -0.2) is 40.8 Å². The number of carboxylic acids is 1. The zero-order valence-electron chi connectivity index (χ0n) is 12.6. The van der Waals surface area contributed by atoms with Gasteiger partial charge in [0.2, 0.25) is 5.91 Å². The molecular formula is C15H24N2O4. The summed E-state index contributed by atoms with van der Waals surface area (Å²) in [5, 5.41) is 12.3. The van der Waals surface area contributed by atoms with Gasteiger partial charge in [0.15, 0.2) is 0 Å². The summed E-state index contributed by atoms with van der Waals surface area (Å²) in [6, 6.07) is 0. The topological polar surface area (TPSA) is 102 Å². The van der Waals surface area contributed by atoms with Crippen molar-refractivity contribution in [1.29, 1.82) is 0 Å². The molecular weight excluding hydrogens is 272 g/mol. The van der Waals surface area contributed by atoms with E-state index in [1.807, 2.05) is 13.8 Å². The molecule has 6 heteroatoms. The highest BCUT2D eigenvalue weighted by atomic mass is 16.5. The van der Waals surface area contributed by atoms with E-state index in [9.17, 15) is 14.7 Å². The number of rotatable bonds is 3. The maximum absolute atomic E-state index is 12.8. The second-order valence-electron chi connectivity index (χ2n) is 7.33. The van der Waals surface area contributed by atoms with Gasteiger partial charge in [-0.25, -0.2) is 4.79 Å². The molecule has 1 saturated heterocycles. The number of fused-ring (bicyclic) bond motifs is 1. The van der Waals surface area contributed by atoms with Crippen LogP contribution in [0.25, 0.3) is 0 Å². The lowest BCUT2D eigenvalue weighted by Gasteiger charge is -2.61. The Hall–Kier alpha value is -1.14. The molecule has 0 aromatic rings. The van der Waals surface area contributed by atoms with Crippen LogP contribution in [0.3, 0.4) is 0 Å². The van der Waals surface area contributed by atoms with Gasteiger partial charge in [0, 0.05) is 17.9 Å². The third kappa shape index (κ3) is 1.72. The van der Waals surface area contributed by atoms with Gasteiger partial charge in [0.05, 0.1) is 6.10 Å². The van der Waals surface area contributed by atoms with Crippen molar-refractivity contribution < 1.29 is 19.4 Å². The molecule has 0 bridgehead atoms. The molecule has 3 atom stereocenters. The monoisotopic (exact) mass is 296 g/mol. The summed E-state index contributed by atoms with van der Waals surface area (Å²) in [6.07, 6.45) is 3.37. The molecule has 3 rings (SSSR count). The molecule has 0 radical (unpaired) electrons. The zero-order valence-corrected chi connectivity index (χ0v) is 12.6. The van der Waals surface area contributed by atoms with E-state index < -0.39 is 22.5 Å². The number of hydrogen-bond donors (Lipinski definition) is 3. The van der Waals surface area contributed by atoms with E-state index in [1.54, 1.807) is 0 Å². The number of carbonyl (C=O) groups excluding carboxylic acids is 1. The lowest BCUT2D eigenvalue weighted by Crippen LogP contribution is -2.81. The number of ether oxygens (including phenoxy) is 1. The number of nitrogens with one attached hydrogen (secondary N) is 1. The number of carboxylic acid groups (broad SMARTS) is 1. The van der Waals surface area contributed by atoms with Crippen molar-refractivity contribution in [2.75, 3.05) is 6.61 Å². The maximum atomic E-state index is 12.8. The molecule has 21 heavy (non-hydrogen) atoms. The number of amides is 1. The molecule has 1 aliphatic heterocycles. The van der Waals surface area contributed by atoms with E-state index >= 15 is 0 Å². The average molecular weight is 296 g/mol. The smallest absolute Gasteiger partial charge is 0.329 e. The molecule has 118 valence electrons. The first-order valence-electron chi connectivity index (χ1n) is 7.72. The van der Waals surface area contributed by atoms with Crippen molar-refractivity contribution in [3.05, 3.63) is 0 Å². The largest absolute Gasteiger partial charge is 0.480 e. The molecule has 0 aromatic carbocycles. The van der Waals surface area contributed by atoms with Crippen molar-refractivity contribution in [3.8, 4) is 0 Å². The Labute approximate surface area is 124 Å². The predicted octanol–water partition coefficient (Wildman–Crippen LogP) is 0.642. The van der Waals surface area contributed by atoms with Crippen LogP contribution in [-0.2, 0) is 14.3 Å². The third-order valence-electron chi connectivity index (χ3n) is 6.05. The van der Waals surface area contributed by atoms with Crippen molar-refractivity contribution in [2.45, 2.75) is 63.1 Å². The minimum absolute atomic E-state index is 0.00222. The van der Waals surface area contributed by atoms with Gasteiger partial charge in [-0.3, -0.25) is 4.79 Å². The number of carbonyl (C=O) groups is 2. The van der Waals surface area contributed by atoms with Gasteiger partial charge in [-0.1, -0.05) is 26.7 Å². The van der Waals surface area contributed by atoms with Crippen molar-refractivity contribution >= 4 is 11.9 Å². The molecule has 3 fully saturated rings. The second kappa shape index (κ2) is 4.43. The fraction of sp³-hybridized carbons (Fsp3) is 0.867. The van der Waals surface area contributed by atoms with Gasteiger partial charge in [0.25, 0.3) is 0 Å². The Morgan fingerprint density at radius 1 is 1.29 bits per heavy atom. The summed E-state index contributed by atoms with van der Waals surface area (Å²) >= 11 is 0. The van der Waals surface area contributed by atoms with Gasteiger partial charge < -0.3 is 20.9 Å². The van der Waals surface area contributed by atoms with Crippen LogP contribution >= 0.6 is 0 Å². The average Bonchev–Trinajstić information content (AvgIpc) is 3.06. The fourth-order valence-corrected chi connectivity index (χ4v) is 4.54. The lowest BCUT2D eigenvalue weighted by molar-refractivity contribution is -0.178. The molecule has 3 unspecified atom stereocenters. The quantitative estimate of drug-likeness (QED) is 0.709. The molecule has 1 heterocycles. The third-order valence-corrected chi connectivity index (χ3v) is 6.05. The van der Waals surface area contributed by atoms with Crippen LogP contribution < -0.4 is 11.1 Å². The standard InChI is InChI=1S/C15H24N2O4/c1-13(2)10-9(5-8-21-10)15(13,16)11(18)17-14(12(19)20)6-3-4-7-14/h9-10H,3-8,16H2,1-2H3,(H,17,18)(H,19,20). The summed E-state index contributed by atoms with van der Waals surface area (Å²) in [4.78, 5) is 24.4. The Bertz CT molecular complexity index is 484. The highest BCUT2D eigenvalue weighted by Gasteiger charge is 2.71. The SMILES string of the molecule is CC1(C)C2OCCC2C1(N)C(=O)NC1(C(=O)O)CCCC1. The Morgan fingerprint density at radius 3 is 2.48 bits per heavy atom. The van der Waals surface area contributed by atoms with Crippen LogP contribution in [0, 0.1) is 11.3 Å². The van der Waals surface area contributed by atoms with Crippen LogP contribution in [0.5, 0.6) is 0 Å². The molecule has 0 aromatic heterocycles. The first-order valence-corrected chi connectivity index (χ1v) is 7.72. The highest BCUT2D eigenvalue weighted by molar-refractivity contribution is 5.94. The van der Waals surface area contributed by atoms with Gasteiger partial charge in [-0.15, -0.1) is 0 Å². The van der Waals surface area contributed by atoms with Crippen molar-refractivity contribution in [1.82, 2.24) is 5.32 Å². The normalized spacial score (nSPS) is 39.4. The lowest BCUT2D eigenvalue weighted by atomic mass is 9.47. The van der Waals surface area contributed by atoms with Crippen LogP contribution in [0.15, 0.2) is 0 Å². The predicted molar refractivity (Wildman–Crippen MR) is 75.5 cm³/mol. The van der Waals surface area contributed by atoms with E-state index in [-0.39, 0.29) is 17.9 Å². The molecule has 4 N–H and O–H groups in total. The van der Waals surface area contributed by atoms with E-state index in [0.29, 0.717) is 19.4 Å². The maximum Gasteiger partial charge on any atom is 0.329 e.